The van der Waals surface area contributed by atoms with Gasteiger partial charge < -0.3 is 14.7 Å². The molecule has 1 aliphatic rings. The Morgan fingerprint density at radius 3 is 3.00 bits per heavy atom. The number of ether oxygens (including phenoxy) is 1. The molecule has 1 heterocycles. The average molecular weight is 263 g/mol. The van der Waals surface area contributed by atoms with Crippen LogP contribution in [0, 0.1) is 0 Å². The highest BCUT2D eigenvalue weighted by Crippen LogP contribution is 2.32. The van der Waals surface area contributed by atoms with Gasteiger partial charge in [-0.25, -0.2) is 4.79 Å². The number of carboxylic acid groups (broad SMARTS) is 1. The quantitative estimate of drug-likeness (QED) is 0.887. The number of aliphatic carboxylic acids is 1. The van der Waals surface area contributed by atoms with Gasteiger partial charge in [-0.05, 0) is 25.0 Å². The first-order valence-corrected chi connectivity index (χ1v) is 6.95. The lowest BCUT2D eigenvalue weighted by Gasteiger charge is -2.30. The van der Waals surface area contributed by atoms with Crippen molar-refractivity contribution in [3.8, 4) is 5.75 Å². The number of hydrogen-bond donors (Lipinski definition) is 1. The van der Waals surface area contributed by atoms with Crippen molar-refractivity contribution < 1.29 is 14.6 Å². The van der Waals surface area contributed by atoms with Crippen LogP contribution in [0.2, 0.25) is 0 Å². The molecule has 19 heavy (non-hydrogen) atoms. The van der Waals surface area contributed by atoms with Crippen molar-refractivity contribution in [2.75, 3.05) is 18.1 Å². The van der Waals surface area contributed by atoms with E-state index in [0.29, 0.717) is 13.0 Å². The van der Waals surface area contributed by atoms with Crippen molar-refractivity contribution in [2.45, 2.75) is 38.6 Å². The number of carboxylic acids is 1. The first kappa shape index (κ1) is 13.7. The van der Waals surface area contributed by atoms with Crippen LogP contribution in [0.3, 0.4) is 0 Å². The number of fused-ring (bicyclic) bond motifs is 1. The number of unbranched alkanes of at least 4 members (excludes halogenated alkanes) is 1. The van der Waals surface area contributed by atoms with Gasteiger partial charge in [0, 0.05) is 6.54 Å². The third-order valence-corrected chi connectivity index (χ3v) is 3.47. The Balaban J connectivity index is 2.28. The molecule has 0 saturated heterocycles. The monoisotopic (exact) mass is 263 g/mol. The molecule has 2 rings (SSSR count). The number of benzene rings is 1. The molecule has 0 fully saturated rings. The van der Waals surface area contributed by atoms with E-state index in [-0.39, 0.29) is 0 Å². The molecule has 1 aliphatic heterocycles. The van der Waals surface area contributed by atoms with Gasteiger partial charge in [0.2, 0.25) is 0 Å². The summed E-state index contributed by atoms with van der Waals surface area (Å²) in [4.78, 5) is 13.5. The van der Waals surface area contributed by atoms with Crippen LogP contribution in [0.5, 0.6) is 5.75 Å². The fourth-order valence-corrected chi connectivity index (χ4v) is 2.49. The van der Waals surface area contributed by atoms with E-state index in [0.717, 1.165) is 37.2 Å². The van der Waals surface area contributed by atoms with Crippen LogP contribution in [-0.2, 0) is 4.79 Å². The maximum atomic E-state index is 11.5. The molecule has 0 saturated carbocycles. The predicted octanol–water partition coefficient (Wildman–Crippen LogP) is 2.92. The molecule has 1 aromatic carbocycles. The van der Waals surface area contributed by atoms with Crippen molar-refractivity contribution in [2.24, 2.45) is 0 Å². The van der Waals surface area contributed by atoms with Gasteiger partial charge in [-0.1, -0.05) is 31.9 Å². The van der Waals surface area contributed by atoms with E-state index >= 15 is 0 Å². The minimum atomic E-state index is -0.745. The van der Waals surface area contributed by atoms with Gasteiger partial charge in [-0.2, -0.15) is 0 Å². The van der Waals surface area contributed by atoms with Crippen LogP contribution in [0.15, 0.2) is 24.3 Å². The van der Waals surface area contributed by atoms with E-state index in [1.54, 1.807) is 0 Å². The standard InChI is InChI=1S/C15H21NO3/c1-2-3-7-13(15(17)18)16-10-6-11-19-14-9-5-4-8-12(14)16/h4-5,8-9,13H,2-3,6-7,10-11H2,1H3,(H,17,18). The van der Waals surface area contributed by atoms with Gasteiger partial charge in [-0.15, -0.1) is 0 Å². The second kappa shape index (κ2) is 6.45. The summed E-state index contributed by atoms with van der Waals surface area (Å²) >= 11 is 0. The molecule has 0 radical (unpaired) electrons. The smallest absolute Gasteiger partial charge is 0.326 e. The normalized spacial score (nSPS) is 16.2. The van der Waals surface area contributed by atoms with E-state index in [9.17, 15) is 9.90 Å². The average Bonchev–Trinajstić information content (AvgIpc) is 2.62. The highest BCUT2D eigenvalue weighted by Gasteiger charge is 2.28. The van der Waals surface area contributed by atoms with E-state index < -0.39 is 12.0 Å². The van der Waals surface area contributed by atoms with Gasteiger partial charge in [0.1, 0.15) is 11.8 Å². The highest BCUT2D eigenvalue weighted by molar-refractivity contribution is 5.79. The molecule has 104 valence electrons. The van der Waals surface area contributed by atoms with Gasteiger partial charge in [0.15, 0.2) is 0 Å². The van der Waals surface area contributed by atoms with Crippen LogP contribution < -0.4 is 9.64 Å². The van der Waals surface area contributed by atoms with Crippen molar-refractivity contribution >= 4 is 11.7 Å². The second-order valence-electron chi connectivity index (χ2n) is 4.86. The summed E-state index contributed by atoms with van der Waals surface area (Å²) in [5.74, 6) is 0.0490. The maximum Gasteiger partial charge on any atom is 0.326 e. The summed E-state index contributed by atoms with van der Waals surface area (Å²) in [6, 6.07) is 7.25. The molecule has 0 aliphatic carbocycles. The Labute approximate surface area is 114 Å². The molecular weight excluding hydrogens is 242 g/mol. The fraction of sp³-hybridized carbons (Fsp3) is 0.533. The van der Waals surface area contributed by atoms with E-state index in [1.807, 2.05) is 29.2 Å². The third kappa shape index (κ3) is 3.19. The Hall–Kier alpha value is -1.71. The highest BCUT2D eigenvalue weighted by atomic mass is 16.5. The van der Waals surface area contributed by atoms with Crippen LogP contribution in [0.25, 0.3) is 0 Å². The van der Waals surface area contributed by atoms with E-state index in [2.05, 4.69) is 6.92 Å². The van der Waals surface area contributed by atoms with Crippen molar-refractivity contribution in [3.05, 3.63) is 24.3 Å². The number of para-hydroxylation sites is 2. The van der Waals surface area contributed by atoms with Crippen molar-refractivity contribution in [1.82, 2.24) is 0 Å². The summed E-state index contributed by atoms with van der Waals surface area (Å²) in [5, 5.41) is 9.49. The largest absolute Gasteiger partial charge is 0.491 e. The Morgan fingerprint density at radius 2 is 2.26 bits per heavy atom. The van der Waals surface area contributed by atoms with Crippen LogP contribution in [0.1, 0.15) is 32.6 Å². The van der Waals surface area contributed by atoms with Gasteiger partial charge in [-0.3, -0.25) is 0 Å². The summed E-state index contributed by atoms with van der Waals surface area (Å²) < 4.78 is 5.68. The van der Waals surface area contributed by atoms with Gasteiger partial charge >= 0.3 is 5.97 Å². The van der Waals surface area contributed by atoms with Gasteiger partial charge in [0.25, 0.3) is 0 Å². The topological polar surface area (TPSA) is 49.8 Å². The fourth-order valence-electron chi connectivity index (χ4n) is 2.49. The zero-order chi connectivity index (χ0) is 13.7. The Kier molecular flexibility index (Phi) is 4.66. The molecule has 1 unspecified atom stereocenters. The summed E-state index contributed by atoms with van der Waals surface area (Å²) in [6.07, 6.45) is 3.47. The molecule has 0 aromatic heterocycles. The van der Waals surface area contributed by atoms with Crippen LogP contribution >= 0.6 is 0 Å². The van der Waals surface area contributed by atoms with Gasteiger partial charge in [0.05, 0.1) is 12.3 Å². The first-order valence-electron chi connectivity index (χ1n) is 6.95. The summed E-state index contributed by atoms with van der Waals surface area (Å²) in [6.45, 7) is 3.46. The zero-order valence-electron chi connectivity index (χ0n) is 11.3. The molecule has 4 nitrogen and oxygen atoms in total. The summed E-state index contributed by atoms with van der Waals surface area (Å²) in [5.41, 5.74) is 0.906. The minimum absolute atomic E-state index is 0.456. The number of rotatable bonds is 5. The van der Waals surface area contributed by atoms with Crippen molar-refractivity contribution in [1.29, 1.82) is 0 Å². The Bertz CT molecular complexity index is 433. The van der Waals surface area contributed by atoms with E-state index in [1.165, 1.54) is 0 Å². The molecule has 1 aromatic rings. The number of hydrogen-bond acceptors (Lipinski definition) is 3. The van der Waals surface area contributed by atoms with E-state index in [4.69, 9.17) is 4.74 Å². The van der Waals surface area contributed by atoms with Crippen LogP contribution in [-0.4, -0.2) is 30.3 Å². The molecular formula is C15H21NO3. The lowest BCUT2D eigenvalue weighted by Crippen LogP contribution is -2.41. The number of anilines is 1. The molecule has 0 spiro atoms. The zero-order valence-corrected chi connectivity index (χ0v) is 11.3. The molecule has 4 heteroatoms. The lowest BCUT2D eigenvalue weighted by atomic mass is 10.1. The predicted molar refractivity (Wildman–Crippen MR) is 74.8 cm³/mol. The Morgan fingerprint density at radius 1 is 1.47 bits per heavy atom. The van der Waals surface area contributed by atoms with Crippen LogP contribution in [0.4, 0.5) is 5.69 Å². The third-order valence-electron chi connectivity index (χ3n) is 3.47. The maximum absolute atomic E-state index is 11.5. The second-order valence-corrected chi connectivity index (χ2v) is 4.86. The summed E-state index contributed by atoms with van der Waals surface area (Å²) in [7, 11) is 0. The first-order chi connectivity index (χ1) is 9.24. The van der Waals surface area contributed by atoms with Crippen molar-refractivity contribution in [3.63, 3.8) is 0 Å². The molecule has 0 amide bonds. The SMILES string of the molecule is CCCCC(C(=O)O)N1CCCOc2ccccc21. The molecule has 0 bridgehead atoms. The number of carbonyl (C=O) groups is 1. The molecule has 1 N–H and O–H groups in total. The molecule has 1 atom stereocenters. The number of nitrogens with zero attached hydrogens (tertiary/aromatic N) is 1. The lowest BCUT2D eigenvalue weighted by molar-refractivity contribution is -0.138. The minimum Gasteiger partial charge on any atom is -0.491 e.